The lowest BCUT2D eigenvalue weighted by atomic mass is 9.92. The third-order valence-electron chi connectivity index (χ3n) is 6.07. The molecule has 0 aromatic rings. The lowest BCUT2D eigenvalue weighted by molar-refractivity contribution is -0.118. The van der Waals surface area contributed by atoms with Crippen molar-refractivity contribution < 1.29 is 30.3 Å². The van der Waals surface area contributed by atoms with Crippen LogP contribution in [0.1, 0.15) is 103 Å². The fourth-order valence-electron chi connectivity index (χ4n) is 3.62. The highest BCUT2D eigenvalue weighted by atomic mass is 16.5. The monoisotopic (exact) mass is 434 g/mol. The summed E-state index contributed by atoms with van der Waals surface area (Å²) >= 11 is 0. The summed E-state index contributed by atoms with van der Waals surface area (Å²) in [5.41, 5.74) is -1.12. The smallest absolute Gasteiger partial charge is 0.103 e. The Morgan fingerprint density at radius 2 is 1.03 bits per heavy atom. The minimum Gasteiger partial charge on any atom is -0.396 e. The van der Waals surface area contributed by atoms with E-state index in [1.807, 2.05) is 0 Å². The minimum absolute atomic E-state index is 0.0587. The highest BCUT2D eigenvalue weighted by molar-refractivity contribution is 4.78. The van der Waals surface area contributed by atoms with Gasteiger partial charge in [0.25, 0.3) is 0 Å². The zero-order valence-electron chi connectivity index (χ0n) is 19.4. The molecule has 5 N–H and O–H groups in total. The quantitative estimate of drug-likeness (QED) is 0.157. The molecule has 0 spiro atoms. The van der Waals surface area contributed by atoms with Crippen LogP contribution in [-0.4, -0.2) is 70.8 Å². The summed E-state index contributed by atoms with van der Waals surface area (Å²) in [4.78, 5) is 0. The molecule has 0 heterocycles. The van der Waals surface area contributed by atoms with Crippen molar-refractivity contribution in [1.82, 2.24) is 0 Å². The Hall–Kier alpha value is -0.240. The molecule has 0 fully saturated rings. The summed E-state index contributed by atoms with van der Waals surface area (Å²) in [6.45, 7) is 0.594. The van der Waals surface area contributed by atoms with Gasteiger partial charge in [-0.25, -0.2) is 0 Å². The highest BCUT2D eigenvalue weighted by Crippen LogP contribution is 2.20. The molecule has 0 radical (unpaired) electrons. The first-order valence-electron chi connectivity index (χ1n) is 12.3. The maximum atomic E-state index is 9.97. The van der Waals surface area contributed by atoms with Crippen molar-refractivity contribution in [2.24, 2.45) is 5.41 Å². The Morgan fingerprint density at radius 1 is 0.633 bits per heavy atom. The van der Waals surface area contributed by atoms with E-state index in [4.69, 9.17) is 4.74 Å². The van der Waals surface area contributed by atoms with Gasteiger partial charge < -0.3 is 30.3 Å². The molecule has 2 unspecified atom stereocenters. The fraction of sp³-hybridized carbons (Fsp3) is 1.00. The van der Waals surface area contributed by atoms with Crippen molar-refractivity contribution in [1.29, 1.82) is 0 Å². The van der Waals surface area contributed by atoms with Crippen LogP contribution >= 0.6 is 0 Å². The Kier molecular flexibility index (Phi) is 20.5. The van der Waals surface area contributed by atoms with Gasteiger partial charge in [0, 0.05) is 0 Å². The van der Waals surface area contributed by atoms with Gasteiger partial charge in [0.15, 0.2) is 0 Å². The van der Waals surface area contributed by atoms with Crippen LogP contribution in [0.2, 0.25) is 0 Å². The Balaban J connectivity index is 3.78. The maximum absolute atomic E-state index is 9.97. The predicted octanol–water partition coefficient (Wildman–Crippen LogP) is 3.56. The largest absolute Gasteiger partial charge is 0.396 e. The first-order chi connectivity index (χ1) is 14.6. The average Bonchev–Trinajstić information content (AvgIpc) is 2.78. The first-order valence-corrected chi connectivity index (χ1v) is 12.3. The van der Waals surface area contributed by atoms with Crippen molar-refractivity contribution in [3.63, 3.8) is 0 Å². The van der Waals surface area contributed by atoms with E-state index in [-0.39, 0.29) is 6.61 Å². The molecule has 0 bridgehead atoms. The third kappa shape index (κ3) is 14.7. The van der Waals surface area contributed by atoms with Crippen molar-refractivity contribution in [2.45, 2.75) is 115 Å². The molecule has 6 nitrogen and oxygen atoms in total. The number of ether oxygens (including phenoxy) is 1. The Bertz CT molecular complexity index is 340. The van der Waals surface area contributed by atoms with Crippen LogP contribution in [0.15, 0.2) is 0 Å². The highest BCUT2D eigenvalue weighted by Gasteiger charge is 2.31. The van der Waals surface area contributed by atoms with Crippen molar-refractivity contribution in [2.75, 3.05) is 33.0 Å². The molecule has 0 aliphatic carbocycles. The summed E-state index contributed by atoms with van der Waals surface area (Å²) < 4.78 is 5.66. The fourth-order valence-corrected chi connectivity index (χ4v) is 3.62. The predicted molar refractivity (Wildman–Crippen MR) is 121 cm³/mol. The van der Waals surface area contributed by atoms with Gasteiger partial charge in [0.05, 0.1) is 44.6 Å². The Labute approximate surface area is 184 Å². The number of rotatable bonds is 23. The second-order valence-corrected chi connectivity index (χ2v) is 8.96. The molecule has 0 aromatic carbocycles. The molecule has 0 aliphatic heterocycles. The second-order valence-electron chi connectivity index (χ2n) is 8.96. The zero-order chi connectivity index (χ0) is 22.5. The first kappa shape index (κ1) is 29.8. The van der Waals surface area contributed by atoms with E-state index >= 15 is 0 Å². The van der Waals surface area contributed by atoms with E-state index in [1.165, 1.54) is 70.6 Å². The van der Waals surface area contributed by atoms with Gasteiger partial charge in [-0.3, -0.25) is 0 Å². The summed E-state index contributed by atoms with van der Waals surface area (Å²) in [6, 6.07) is 0. The topological polar surface area (TPSA) is 110 Å². The molecule has 0 aliphatic rings. The van der Waals surface area contributed by atoms with Gasteiger partial charge in [-0.15, -0.1) is 0 Å². The van der Waals surface area contributed by atoms with Gasteiger partial charge in [-0.2, -0.15) is 0 Å². The summed E-state index contributed by atoms with van der Waals surface area (Å²) in [5, 5.41) is 47.4. The number of aliphatic hydroxyl groups is 5. The summed E-state index contributed by atoms with van der Waals surface area (Å²) in [5.74, 6) is 0. The van der Waals surface area contributed by atoms with Gasteiger partial charge in [0.2, 0.25) is 0 Å². The van der Waals surface area contributed by atoms with Crippen molar-refractivity contribution in [3.8, 4) is 0 Å². The molecule has 0 aromatic heterocycles. The zero-order valence-corrected chi connectivity index (χ0v) is 19.4. The molecule has 30 heavy (non-hydrogen) atoms. The van der Waals surface area contributed by atoms with Crippen LogP contribution in [0.5, 0.6) is 0 Å². The van der Waals surface area contributed by atoms with Gasteiger partial charge in [0.1, 0.15) is 6.10 Å². The number of hydrogen-bond acceptors (Lipinski definition) is 6. The van der Waals surface area contributed by atoms with Crippen LogP contribution in [-0.2, 0) is 4.74 Å². The number of unbranched alkanes of at least 4 members (excludes halogenated alkanes) is 13. The van der Waals surface area contributed by atoms with Crippen LogP contribution in [0.25, 0.3) is 0 Å². The SMILES string of the molecule is CCCCCCCCCCCCCCCCC(OCC(CO)(CO)CO)C(O)CO. The molecule has 0 saturated heterocycles. The van der Waals surface area contributed by atoms with Gasteiger partial charge >= 0.3 is 0 Å². The third-order valence-corrected chi connectivity index (χ3v) is 6.07. The van der Waals surface area contributed by atoms with Crippen LogP contribution in [0.4, 0.5) is 0 Å². The van der Waals surface area contributed by atoms with E-state index < -0.39 is 44.1 Å². The molecule has 6 heteroatoms. The molecular weight excluding hydrogens is 384 g/mol. The van der Waals surface area contributed by atoms with E-state index in [2.05, 4.69) is 6.92 Å². The van der Waals surface area contributed by atoms with Gasteiger partial charge in [-0.1, -0.05) is 96.8 Å². The molecule has 2 atom stereocenters. The standard InChI is InChI=1S/C24H50O6/c1-2-3-4-5-6-7-8-9-10-11-12-13-14-15-16-23(22(29)17-25)30-21-24(18-26,19-27)20-28/h22-23,25-29H,2-21H2,1H3. The average molecular weight is 435 g/mol. The van der Waals surface area contributed by atoms with Crippen molar-refractivity contribution >= 4 is 0 Å². The van der Waals surface area contributed by atoms with Gasteiger partial charge in [-0.05, 0) is 6.42 Å². The maximum Gasteiger partial charge on any atom is 0.103 e. The van der Waals surface area contributed by atoms with Crippen LogP contribution < -0.4 is 0 Å². The molecule has 0 rings (SSSR count). The lowest BCUT2D eigenvalue weighted by Crippen LogP contribution is -2.42. The number of hydrogen-bond donors (Lipinski definition) is 5. The van der Waals surface area contributed by atoms with Crippen LogP contribution in [0, 0.1) is 5.41 Å². The van der Waals surface area contributed by atoms with Crippen molar-refractivity contribution in [3.05, 3.63) is 0 Å². The van der Waals surface area contributed by atoms with Crippen LogP contribution in [0.3, 0.4) is 0 Å². The van der Waals surface area contributed by atoms with E-state index in [1.54, 1.807) is 0 Å². The van der Waals surface area contributed by atoms with E-state index in [0.29, 0.717) is 6.42 Å². The normalized spacial score (nSPS) is 14.2. The molecule has 0 saturated carbocycles. The Morgan fingerprint density at radius 3 is 1.40 bits per heavy atom. The summed E-state index contributed by atoms with van der Waals surface area (Å²) in [6.07, 6.45) is 16.9. The molecule has 0 amide bonds. The molecular formula is C24H50O6. The van der Waals surface area contributed by atoms with E-state index in [9.17, 15) is 25.5 Å². The second kappa shape index (κ2) is 20.7. The summed E-state index contributed by atoms with van der Waals surface area (Å²) in [7, 11) is 0. The molecule has 182 valence electrons. The van der Waals surface area contributed by atoms with E-state index in [0.717, 1.165) is 19.3 Å². The lowest BCUT2D eigenvalue weighted by Gasteiger charge is -2.31. The number of aliphatic hydroxyl groups excluding tert-OH is 5. The minimum atomic E-state index is -1.12.